The number of aryl methyl sites for hydroxylation is 1. The lowest BCUT2D eigenvalue weighted by atomic mass is 10.0. The second-order valence-corrected chi connectivity index (χ2v) is 3.95. The molecule has 4 nitrogen and oxygen atoms in total. The zero-order chi connectivity index (χ0) is 12.4. The highest BCUT2D eigenvalue weighted by atomic mass is 16.5. The average Bonchev–Trinajstić information content (AvgIpc) is 2.64. The Morgan fingerprint density at radius 3 is 2.88 bits per heavy atom. The van der Waals surface area contributed by atoms with Gasteiger partial charge in [-0.05, 0) is 13.0 Å². The lowest BCUT2D eigenvalue weighted by Crippen LogP contribution is -2.16. The molecule has 1 aromatic heterocycles. The van der Waals surface area contributed by atoms with Gasteiger partial charge >= 0.3 is 5.97 Å². The smallest absolute Gasteiger partial charge is 0.307 e. The summed E-state index contributed by atoms with van der Waals surface area (Å²) in [4.78, 5) is 11.2. The molecule has 2 aromatic rings. The first kappa shape index (κ1) is 11.7. The molecule has 0 saturated heterocycles. The van der Waals surface area contributed by atoms with Crippen molar-refractivity contribution < 1.29 is 13.9 Å². The van der Waals surface area contributed by atoms with Gasteiger partial charge in [-0.1, -0.05) is 18.2 Å². The van der Waals surface area contributed by atoms with Crippen LogP contribution >= 0.6 is 0 Å². The van der Waals surface area contributed by atoms with Crippen LogP contribution in [0.2, 0.25) is 0 Å². The Bertz CT molecular complexity index is 545. The zero-order valence-corrected chi connectivity index (χ0v) is 9.90. The Labute approximate surface area is 99.3 Å². The maximum Gasteiger partial charge on any atom is 0.307 e. The quantitative estimate of drug-likeness (QED) is 0.826. The first-order valence-electron chi connectivity index (χ1n) is 5.44. The Morgan fingerprint density at radius 2 is 2.18 bits per heavy atom. The minimum absolute atomic E-state index is 0.154. The molecule has 1 atom stereocenters. The van der Waals surface area contributed by atoms with Crippen LogP contribution in [0.15, 0.2) is 28.7 Å². The van der Waals surface area contributed by atoms with E-state index in [1.165, 1.54) is 7.11 Å². The van der Waals surface area contributed by atoms with Gasteiger partial charge in [-0.15, -0.1) is 0 Å². The van der Waals surface area contributed by atoms with Crippen molar-refractivity contribution in [2.24, 2.45) is 5.73 Å². The van der Waals surface area contributed by atoms with E-state index in [1.54, 1.807) is 0 Å². The van der Waals surface area contributed by atoms with Gasteiger partial charge in [-0.3, -0.25) is 4.79 Å². The molecule has 2 N–H and O–H groups in total. The van der Waals surface area contributed by atoms with E-state index in [0.717, 1.165) is 22.3 Å². The first-order chi connectivity index (χ1) is 8.13. The maximum atomic E-state index is 11.2. The normalized spacial score (nSPS) is 12.6. The summed E-state index contributed by atoms with van der Waals surface area (Å²) in [6, 6.07) is 7.26. The number of methoxy groups -OCH3 is 1. The van der Waals surface area contributed by atoms with Crippen LogP contribution in [0.1, 0.15) is 23.8 Å². The van der Waals surface area contributed by atoms with Gasteiger partial charge in [0.05, 0.1) is 13.5 Å². The van der Waals surface area contributed by atoms with E-state index in [4.69, 9.17) is 10.2 Å². The molecule has 0 amide bonds. The first-order valence-corrected chi connectivity index (χ1v) is 5.44. The summed E-state index contributed by atoms with van der Waals surface area (Å²) in [5, 5.41) is 0.960. The van der Waals surface area contributed by atoms with E-state index < -0.39 is 6.04 Å². The molecule has 2 rings (SSSR count). The van der Waals surface area contributed by atoms with Crippen molar-refractivity contribution >= 4 is 16.9 Å². The van der Waals surface area contributed by atoms with E-state index in [-0.39, 0.29) is 12.4 Å². The summed E-state index contributed by atoms with van der Waals surface area (Å²) in [6.07, 6.45) is 0.154. The Balaban J connectivity index is 2.40. The van der Waals surface area contributed by atoms with Crippen LogP contribution in [0, 0.1) is 6.92 Å². The predicted molar refractivity (Wildman–Crippen MR) is 64.5 cm³/mol. The SMILES string of the molecule is COC(=O)CC(N)c1c(C)oc2ccccc12. The van der Waals surface area contributed by atoms with Crippen molar-refractivity contribution in [3.8, 4) is 0 Å². The van der Waals surface area contributed by atoms with E-state index in [2.05, 4.69) is 4.74 Å². The van der Waals surface area contributed by atoms with Gasteiger partial charge in [0.25, 0.3) is 0 Å². The van der Waals surface area contributed by atoms with Gasteiger partial charge in [0.2, 0.25) is 0 Å². The third kappa shape index (κ3) is 2.17. The Hall–Kier alpha value is -1.81. The molecule has 90 valence electrons. The number of furan rings is 1. The largest absolute Gasteiger partial charge is 0.469 e. The van der Waals surface area contributed by atoms with Crippen molar-refractivity contribution in [2.75, 3.05) is 7.11 Å². The van der Waals surface area contributed by atoms with Gasteiger partial charge < -0.3 is 14.9 Å². The summed E-state index contributed by atoms with van der Waals surface area (Å²) in [7, 11) is 1.36. The summed E-state index contributed by atoms with van der Waals surface area (Å²) >= 11 is 0. The molecule has 0 aliphatic rings. The minimum Gasteiger partial charge on any atom is -0.469 e. The van der Waals surface area contributed by atoms with Crippen LogP contribution in [0.3, 0.4) is 0 Å². The van der Waals surface area contributed by atoms with E-state index in [9.17, 15) is 4.79 Å². The minimum atomic E-state index is -0.397. The Morgan fingerprint density at radius 1 is 1.47 bits per heavy atom. The fourth-order valence-corrected chi connectivity index (χ4v) is 2.01. The third-order valence-electron chi connectivity index (χ3n) is 2.80. The standard InChI is InChI=1S/C13H15NO3/c1-8-13(10(14)7-12(15)16-2)9-5-3-4-6-11(9)17-8/h3-6,10H,7,14H2,1-2H3. The van der Waals surface area contributed by atoms with Gasteiger partial charge in [0.15, 0.2) is 0 Å². The van der Waals surface area contributed by atoms with Crippen LogP contribution in [-0.4, -0.2) is 13.1 Å². The van der Waals surface area contributed by atoms with Gasteiger partial charge in [-0.2, -0.15) is 0 Å². The highest BCUT2D eigenvalue weighted by molar-refractivity contribution is 5.83. The van der Waals surface area contributed by atoms with Crippen LogP contribution < -0.4 is 5.73 Å². The van der Waals surface area contributed by atoms with Gasteiger partial charge in [0.1, 0.15) is 11.3 Å². The zero-order valence-electron chi connectivity index (χ0n) is 9.90. The monoisotopic (exact) mass is 233 g/mol. The summed E-state index contributed by atoms with van der Waals surface area (Å²) in [6.45, 7) is 1.85. The summed E-state index contributed by atoms with van der Waals surface area (Å²) < 4.78 is 10.2. The average molecular weight is 233 g/mol. The second-order valence-electron chi connectivity index (χ2n) is 3.95. The molecule has 0 aliphatic carbocycles. The Kier molecular flexibility index (Phi) is 3.15. The number of carbonyl (C=O) groups excluding carboxylic acids is 1. The highest BCUT2D eigenvalue weighted by Crippen LogP contribution is 2.30. The number of benzene rings is 1. The number of para-hydroxylation sites is 1. The van der Waals surface area contributed by atoms with Crippen molar-refractivity contribution in [1.82, 2.24) is 0 Å². The fraction of sp³-hybridized carbons (Fsp3) is 0.308. The number of nitrogens with two attached hydrogens (primary N) is 1. The molecule has 0 fully saturated rings. The van der Waals surface area contributed by atoms with E-state index >= 15 is 0 Å². The molecular weight excluding hydrogens is 218 g/mol. The van der Waals surface area contributed by atoms with Gasteiger partial charge in [0, 0.05) is 17.0 Å². The molecule has 0 radical (unpaired) electrons. The molecule has 1 heterocycles. The number of carbonyl (C=O) groups is 1. The molecule has 17 heavy (non-hydrogen) atoms. The topological polar surface area (TPSA) is 65.5 Å². The maximum absolute atomic E-state index is 11.2. The summed E-state index contributed by atoms with van der Waals surface area (Å²) in [5.41, 5.74) is 7.69. The third-order valence-corrected chi connectivity index (χ3v) is 2.80. The van der Waals surface area contributed by atoms with Crippen molar-refractivity contribution in [2.45, 2.75) is 19.4 Å². The summed E-state index contributed by atoms with van der Waals surface area (Å²) in [5.74, 6) is 0.435. The van der Waals surface area contributed by atoms with Crippen LogP contribution in [0.25, 0.3) is 11.0 Å². The molecule has 0 saturated carbocycles. The molecule has 4 heteroatoms. The number of rotatable bonds is 3. The molecule has 1 aromatic carbocycles. The number of esters is 1. The second kappa shape index (κ2) is 4.59. The lowest BCUT2D eigenvalue weighted by molar-refractivity contribution is -0.141. The number of hydrogen-bond donors (Lipinski definition) is 1. The van der Waals surface area contributed by atoms with Crippen molar-refractivity contribution in [3.63, 3.8) is 0 Å². The van der Waals surface area contributed by atoms with Gasteiger partial charge in [-0.25, -0.2) is 0 Å². The fourth-order valence-electron chi connectivity index (χ4n) is 2.01. The number of hydrogen-bond acceptors (Lipinski definition) is 4. The lowest BCUT2D eigenvalue weighted by Gasteiger charge is -2.09. The molecular formula is C13H15NO3. The molecule has 0 aliphatic heterocycles. The van der Waals surface area contributed by atoms with Crippen LogP contribution in [0.5, 0.6) is 0 Å². The van der Waals surface area contributed by atoms with Crippen molar-refractivity contribution in [3.05, 3.63) is 35.6 Å². The van der Waals surface area contributed by atoms with Crippen LogP contribution in [-0.2, 0) is 9.53 Å². The molecule has 0 bridgehead atoms. The highest BCUT2D eigenvalue weighted by Gasteiger charge is 2.19. The molecule has 1 unspecified atom stereocenters. The van der Waals surface area contributed by atoms with E-state index in [0.29, 0.717) is 0 Å². The van der Waals surface area contributed by atoms with E-state index in [1.807, 2.05) is 31.2 Å². The molecule has 0 spiro atoms. The predicted octanol–water partition coefficient (Wildman–Crippen LogP) is 2.30. The number of ether oxygens (including phenoxy) is 1. The van der Waals surface area contributed by atoms with Crippen molar-refractivity contribution in [1.29, 1.82) is 0 Å². The number of fused-ring (bicyclic) bond motifs is 1. The van der Waals surface area contributed by atoms with Crippen LogP contribution in [0.4, 0.5) is 0 Å².